The number of fused-ring (bicyclic) bond motifs is 2. The first-order valence-corrected chi connectivity index (χ1v) is 6.51. The van der Waals surface area contributed by atoms with Crippen LogP contribution >= 0.6 is 0 Å². The number of rotatable bonds is 1. The quantitative estimate of drug-likeness (QED) is 0.817. The van der Waals surface area contributed by atoms with Gasteiger partial charge >= 0.3 is 0 Å². The largest absolute Gasteiger partial charge is 0.454 e. The first kappa shape index (κ1) is 10.9. The Kier molecular flexibility index (Phi) is 2.29. The molecule has 0 radical (unpaired) electrons. The lowest BCUT2D eigenvalue weighted by Gasteiger charge is -2.10. The summed E-state index contributed by atoms with van der Waals surface area (Å²) in [5, 5.41) is 4.33. The van der Waals surface area contributed by atoms with Crippen molar-refractivity contribution in [1.82, 2.24) is 10.3 Å². The summed E-state index contributed by atoms with van der Waals surface area (Å²) in [6.45, 7) is 1.22. The molecule has 2 aliphatic rings. The predicted molar refractivity (Wildman–Crippen MR) is 70.7 cm³/mol. The van der Waals surface area contributed by atoms with Gasteiger partial charge in [-0.2, -0.15) is 0 Å². The second-order valence-corrected chi connectivity index (χ2v) is 5.00. The van der Waals surface area contributed by atoms with E-state index in [1.54, 1.807) is 0 Å². The van der Waals surface area contributed by atoms with Gasteiger partial charge < -0.3 is 19.8 Å². The fraction of sp³-hybridized carbons (Fsp3) is 0.357. The zero-order valence-electron chi connectivity index (χ0n) is 10.4. The number of hydrogen-bond acceptors (Lipinski definition) is 4. The van der Waals surface area contributed by atoms with E-state index in [1.165, 1.54) is 0 Å². The molecule has 2 N–H and O–H groups in total. The van der Waals surface area contributed by atoms with Crippen LogP contribution in [0.15, 0.2) is 23.0 Å². The van der Waals surface area contributed by atoms with Crippen molar-refractivity contribution in [2.75, 3.05) is 13.3 Å². The van der Waals surface area contributed by atoms with Gasteiger partial charge in [0.05, 0.1) is 5.52 Å². The minimum absolute atomic E-state index is 0.0224. The Bertz CT molecular complexity index is 702. The number of benzene rings is 1. The maximum Gasteiger partial charge on any atom is 0.253 e. The SMILES string of the molecule is O=c1[nH]c2cc3c(cc2cc1C1CCCN1)OCO3. The number of aromatic nitrogens is 1. The molecule has 3 heterocycles. The predicted octanol–water partition coefficient (Wildman–Crippen LogP) is 1.68. The summed E-state index contributed by atoms with van der Waals surface area (Å²) in [5.74, 6) is 1.43. The molecule has 1 fully saturated rings. The molecule has 98 valence electrons. The molecule has 1 unspecified atom stereocenters. The van der Waals surface area contributed by atoms with Gasteiger partial charge in [-0.1, -0.05) is 0 Å². The zero-order chi connectivity index (χ0) is 12.8. The van der Waals surface area contributed by atoms with E-state index in [2.05, 4.69) is 10.3 Å². The molecule has 5 heteroatoms. The summed E-state index contributed by atoms with van der Waals surface area (Å²) in [7, 11) is 0. The van der Waals surface area contributed by atoms with Gasteiger partial charge in [0, 0.05) is 23.1 Å². The normalized spacial score (nSPS) is 21.2. The Morgan fingerprint density at radius 1 is 1.16 bits per heavy atom. The van der Waals surface area contributed by atoms with Crippen molar-refractivity contribution in [3.63, 3.8) is 0 Å². The molecule has 0 amide bonds. The third-order valence-electron chi connectivity index (χ3n) is 3.80. The van der Waals surface area contributed by atoms with Crippen molar-refractivity contribution < 1.29 is 9.47 Å². The van der Waals surface area contributed by atoms with Gasteiger partial charge in [-0.25, -0.2) is 0 Å². The van der Waals surface area contributed by atoms with Crippen LogP contribution in [0.25, 0.3) is 10.9 Å². The summed E-state index contributed by atoms with van der Waals surface area (Å²) < 4.78 is 10.7. The van der Waals surface area contributed by atoms with Crippen LogP contribution in [-0.2, 0) is 0 Å². The summed E-state index contributed by atoms with van der Waals surface area (Å²) in [4.78, 5) is 15.1. The van der Waals surface area contributed by atoms with Gasteiger partial charge in [-0.15, -0.1) is 0 Å². The van der Waals surface area contributed by atoms with Gasteiger partial charge in [0.1, 0.15) is 0 Å². The Labute approximate surface area is 109 Å². The molecule has 4 rings (SSSR count). The highest BCUT2D eigenvalue weighted by Gasteiger charge is 2.21. The molecule has 19 heavy (non-hydrogen) atoms. The topological polar surface area (TPSA) is 63.4 Å². The van der Waals surface area contributed by atoms with E-state index >= 15 is 0 Å². The van der Waals surface area contributed by atoms with Gasteiger partial charge in [-0.3, -0.25) is 4.79 Å². The molecule has 1 aromatic heterocycles. The monoisotopic (exact) mass is 258 g/mol. The van der Waals surface area contributed by atoms with Crippen molar-refractivity contribution in [3.8, 4) is 11.5 Å². The van der Waals surface area contributed by atoms with Crippen LogP contribution < -0.4 is 20.3 Å². The molecular formula is C14H14N2O3. The van der Waals surface area contributed by atoms with Crippen LogP contribution in [0.2, 0.25) is 0 Å². The molecule has 0 spiro atoms. The molecule has 1 atom stereocenters. The van der Waals surface area contributed by atoms with Gasteiger partial charge in [0.25, 0.3) is 5.56 Å². The first-order valence-electron chi connectivity index (χ1n) is 6.51. The number of H-pyrrole nitrogens is 1. The second-order valence-electron chi connectivity index (χ2n) is 5.00. The number of nitrogens with one attached hydrogen (secondary N) is 2. The second kappa shape index (κ2) is 3.99. The Morgan fingerprint density at radius 3 is 2.79 bits per heavy atom. The smallest absolute Gasteiger partial charge is 0.253 e. The van der Waals surface area contributed by atoms with Crippen LogP contribution in [0.5, 0.6) is 11.5 Å². The fourth-order valence-corrected chi connectivity index (χ4v) is 2.82. The van der Waals surface area contributed by atoms with Gasteiger partial charge in [0.2, 0.25) is 6.79 Å². The number of ether oxygens (including phenoxy) is 2. The minimum Gasteiger partial charge on any atom is -0.454 e. The van der Waals surface area contributed by atoms with E-state index in [0.717, 1.165) is 41.6 Å². The lowest BCUT2D eigenvalue weighted by Crippen LogP contribution is -2.22. The van der Waals surface area contributed by atoms with Crippen LogP contribution in [0.3, 0.4) is 0 Å². The Hall–Kier alpha value is -2.01. The first-order chi connectivity index (χ1) is 9.31. The van der Waals surface area contributed by atoms with Crippen LogP contribution in [0, 0.1) is 0 Å². The third-order valence-corrected chi connectivity index (χ3v) is 3.80. The molecule has 0 aliphatic carbocycles. The minimum atomic E-state index is -0.0224. The molecular weight excluding hydrogens is 244 g/mol. The van der Waals surface area contributed by atoms with Crippen LogP contribution in [0.4, 0.5) is 0 Å². The van der Waals surface area contributed by atoms with Crippen molar-refractivity contribution in [2.24, 2.45) is 0 Å². The Morgan fingerprint density at radius 2 is 2.00 bits per heavy atom. The Balaban J connectivity index is 1.90. The number of pyridine rings is 1. The highest BCUT2D eigenvalue weighted by molar-refractivity contribution is 5.83. The van der Waals surface area contributed by atoms with Crippen molar-refractivity contribution >= 4 is 10.9 Å². The molecule has 1 aromatic carbocycles. The number of aromatic amines is 1. The molecule has 0 saturated carbocycles. The van der Waals surface area contributed by atoms with Crippen LogP contribution in [-0.4, -0.2) is 18.3 Å². The van der Waals surface area contributed by atoms with Crippen molar-refractivity contribution in [2.45, 2.75) is 18.9 Å². The van der Waals surface area contributed by atoms with Crippen molar-refractivity contribution in [1.29, 1.82) is 0 Å². The molecule has 2 aliphatic heterocycles. The van der Waals surface area contributed by atoms with E-state index in [-0.39, 0.29) is 18.4 Å². The lowest BCUT2D eigenvalue weighted by molar-refractivity contribution is 0.174. The third kappa shape index (κ3) is 1.69. The average molecular weight is 258 g/mol. The van der Waals surface area contributed by atoms with Crippen molar-refractivity contribution in [3.05, 3.63) is 34.1 Å². The maximum absolute atomic E-state index is 12.2. The molecule has 5 nitrogen and oxygen atoms in total. The number of hydrogen-bond donors (Lipinski definition) is 2. The van der Waals surface area contributed by atoms with E-state index < -0.39 is 0 Å². The molecule has 1 saturated heterocycles. The highest BCUT2D eigenvalue weighted by atomic mass is 16.7. The summed E-state index contributed by atoms with van der Waals surface area (Å²) in [6, 6.07) is 5.87. The maximum atomic E-state index is 12.2. The van der Waals surface area contributed by atoms with E-state index in [0.29, 0.717) is 5.75 Å². The van der Waals surface area contributed by atoms with E-state index in [9.17, 15) is 4.79 Å². The average Bonchev–Trinajstić information content (AvgIpc) is 3.06. The van der Waals surface area contributed by atoms with Gasteiger partial charge in [-0.05, 0) is 31.5 Å². The summed E-state index contributed by atoms with van der Waals surface area (Å²) >= 11 is 0. The van der Waals surface area contributed by atoms with E-state index in [1.807, 2.05) is 18.2 Å². The van der Waals surface area contributed by atoms with E-state index in [4.69, 9.17) is 9.47 Å². The zero-order valence-corrected chi connectivity index (χ0v) is 10.4. The summed E-state index contributed by atoms with van der Waals surface area (Å²) in [5.41, 5.74) is 1.57. The molecule has 2 aromatic rings. The summed E-state index contributed by atoms with van der Waals surface area (Å²) in [6.07, 6.45) is 2.13. The van der Waals surface area contributed by atoms with Gasteiger partial charge in [0.15, 0.2) is 11.5 Å². The molecule has 0 bridgehead atoms. The highest BCUT2D eigenvalue weighted by Crippen LogP contribution is 2.35. The van der Waals surface area contributed by atoms with Crippen LogP contribution in [0.1, 0.15) is 24.4 Å². The standard InChI is InChI=1S/C14H14N2O3/c17-14-9(10-2-1-3-15-10)4-8-5-12-13(19-7-18-12)6-11(8)16-14/h4-6,10,15H,1-3,7H2,(H,16,17). The fourth-order valence-electron chi connectivity index (χ4n) is 2.82. The lowest BCUT2D eigenvalue weighted by atomic mass is 10.0.